The van der Waals surface area contributed by atoms with Gasteiger partial charge in [0.25, 0.3) is 0 Å². The van der Waals surface area contributed by atoms with Gasteiger partial charge in [0, 0.05) is 7.05 Å². The molecule has 1 saturated heterocycles. The summed E-state index contributed by atoms with van der Waals surface area (Å²) in [5.41, 5.74) is -2.91. The van der Waals surface area contributed by atoms with E-state index < -0.39 is 36.1 Å². The third kappa shape index (κ3) is 3.16. The molecule has 0 aliphatic carbocycles. The molecule has 1 aliphatic heterocycles. The van der Waals surface area contributed by atoms with Gasteiger partial charge >= 0.3 is 23.0 Å². The lowest BCUT2D eigenvalue weighted by atomic mass is 10.5. The summed E-state index contributed by atoms with van der Waals surface area (Å²) >= 11 is 0. The lowest BCUT2D eigenvalue weighted by molar-refractivity contribution is -0.145. The summed E-state index contributed by atoms with van der Waals surface area (Å²) in [7, 11) is 1.14. The number of epoxide rings is 1. The van der Waals surface area contributed by atoms with Crippen molar-refractivity contribution in [3.05, 3.63) is 31.5 Å². The minimum absolute atomic E-state index is 0.0435. The molecule has 0 amide bonds. The Balaban J connectivity index is 2.31. The van der Waals surface area contributed by atoms with Crippen LogP contribution in [0.4, 0.5) is 0 Å². The summed E-state index contributed by atoms with van der Waals surface area (Å²) in [6.45, 7) is -0.602. The van der Waals surface area contributed by atoms with Gasteiger partial charge in [0.1, 0.15) is 25.5 Å². The number of rotatable bonds is 6. The molecule has 1 aromatic rings. The van der Waals surface area contributed by atoms with Crippen molar-refractivity contribution in [2.45, 2.75) is 19.2 Å². The fraction of sp³-hybridized carbons (Fsp3) is 0.545. The van der Waals surface area contributed by atoms with Crippen LogP contribution in [-0.4, -0.2) is 45.3 Å². The van der Waals surface area contributed by atoms with E-state index in [1.54, 1.807) is 0 Å². The first-order chi connectivity index (χ1) is 9.95. The third-order valence-electron chi connectivity index (χ3n) is 2.87. The molecule has 2 heterocycles. The Bertz CT molecular complexity index is 738. The summed E-state index contributed by atoms with van der Waals surface area (Å²) in [6, 6.07) is 0. The van der Waals surface area contributed by atoms with Crippen LogP contribution in [0, 0.1) is 0 Å². The van der Waals surface area contributed by atoms with E-state index in [0.717, 1.165) is 7.05 Å². The van der Waals surface area contributed by atoms with Crippen LogP contribution in [0.1, 0.15) is 0 Å². The van der Waals surface area contributed by atoms with Gasteiger partial charge in [0.05, 0.1) is 13.2 Å². The number of ether oxygens (including phenoxy) is 2. The highest BCUT2D eigenvalue weighted by Crippen LogP contribution is 2.08. The minimum atomic E-state index is -1.03. The number of carbonyl (C=O) groups excluding carboxylic acids is 2. The maximum atomic E-state index is 12.0. The Morgan fingerprint density at radius 1 is 1.29 bits per heavy atom. The first kappa shape index (κ1) is 14.9. The molecule has 0 radical (unpaired) electrons. The van der Waals surface area contributed by atoms with Crippen LogP contribution >= 0.6 is 0 Å². The zero-order chi connectivity index (χ0) is 15.6. The predicted octanol–water partition coefficient (Wildman–Crippen LogP) is -3.15. The zero-order valence-electron chi connectivity index (χ0n) is 11.2. The van der Waals surface area contributed by atoms with Crippen molar-refractivity contribution in [1.82, 2.24) is 13.7 Å². The Morgan fingerprint density at radius 3 is 2.48 bits per heavy atom. The van der Waals surface area contributed by atoms with E-state index in [1.165, 1.54) is 0 Å². The lowest BCUT2D eigenvalue weighted by Gasteiger charge is -2.09. The molecule has 0 bridgehead atoms. The molecule has 0 spiro atoms. The first-order valence-electron chi connectivity index (χ1n) is 6.07. The highest BCUT2D eigenvalue weighted by molar-refractivity contribution is 5.69. The maximum absolute atomic E-state index is 12.0. The van der Waals surface area contributed by atoms with Crippen LogP contribution in [-0.2, 0) is 39.2 Å². The number of hydrogen-bond donors (Lipinski definition) is 0. The third-order valence-corrected chi connectivity index (χ3v) is 2.87. The fourth-order valence-electron chi connectivity index (χ4n) is 1.64. The molecular formula is C11H13N3O7. The van der Waals surface area contributed by atoms with Crippen LogP contribution in [0.3, 0.4) is 0 Å². The topological polar surface area (TPSA) is 122 Å². The molecule has 1 aliphatic rings. The average Bonchev–Trinajstić information content (AvgIpc) is 3.28. The van der Waals surface area contributed by atoms with Gasteiger partial charge < -0.3 is 14.3 Å². The van der Waals surface area contributed by atoms with E-state index in [1.807, 2.05) is 0 Å². The Kier molecular flexibility index (Phi) is 4.17. The molecule has 10 nitrogen and oxygen atoms in total. The van der Waals surface area contributed by atoms with Crippen molar-refractivity contribution in [1.29, 1.82) is 0 Å². The largest absolute Gasteiger partial charge is 0.461 e. The van der Waals surface area contributed by atoms with Crippen LogP contribution < -0.4 is 17.1 Å². The van der Waals surface area contributed by atoms with Crippen LogP contribution in [0.5, 0.6) is 0 Å². The molecule has 1 unspecified atom stereocenters. The number of carbonyl (C=O) groups is 2. The van der Waals surface area contributed by atoms with E-state index >= 15 is 0 Å². The SMILES string of the molecule is Cn1c(=O)n(CC=O)c(=O)n(CC(=O)OCC2CO2)c1=O. The molecule has 10 heteroatoms. The summed E-state index contributed by atoms with van der Waals surface area (Å²) < 4.78 is 11.4. The average molecular weight is 299 g/mol. The van der Waals surface area contributed by atoms with E-state index in [4.69, 9.17) is 9.47 Å². The fourth-order valence-corrected chi connectivity index (χ4v) is 1.64. The van der Waals surface area contributed by atoms with E-state index in [0.29, 0.717) is 26.6 Å². The van der Waals surface area contributed by atoms with Gasteiger partial charge in [-0.15, -0.1) is 0 Å². The molecule has 1 aromatic heterocycles. The van der Waals surface area contributed by atoms with Crippen LogP contribution in [0.15, 0.2) is 14.4 Å². The van der Waals surface area contributed by atoms with Gasteiger partial charge in [-0.25, -0.2) is 28.1 Å². The standard InChI is InChI=1S/C11H13N3O7/c1-12-9(17)13(2-3-15)11(19)14(10(12)18)4-8(16)21-6-7-5-20-7/h3,7H,2,4-6H2,1H3. The van der Waals surface area contributed by atoms with Crippen LogP contribution in [0.2, 0.25) is 0 Å². The van der Waals surface area contributed by atoms with Gasteiger partial charge in [-0.2, -0.15) is 0 Å². The molecule has 2 rings (SSSR count). The summed E-state index contributed by atoms with van der Waals surface area (Å²) in [5, 5.41) is 0. The van der Waals surface area contributed by atoms with Crippen molar-refractivity contribution in [3.8, 4) is 0 Å². The van der Waals surface area contributed by atoms with Crippen molar-refractivity contribution in [3.63, 3.8) is 0 Å². The maximum Gasteiger partial charge on any atom is 0.337 e. The number of nitrogens with zero attached hydrogens (tertiary/aromatic N) is 3. The van der Waals surface area contributed by atoms with Crippen molar-refractivity contribution in [2.24, 2.45) is 7.05 Å². The second-order valence-electron chi connectivity index (χ2n) is 4.41. The second-order valence-corrected chi connectivity index (χ2v) is 4.41. The minimum Gasteiger partial charge on any atom is -0.461 e. The van der Waals surface area contributed by atoms with Gasteiger partial charge in [0.15, 0.2) is 0 Å². The predicted molar refractivity (Wildman–Crippen MR) is 67.0 cm³/mol. The summed E-state index contributed by atoms with van der Waals surface area (Å²) in [4.78, 5) is 57.6. The van der Waals surface area contributed by atoms with E-state index in [9.17, 15) is 24.0 Å². The Labute approximate surface area is 117 Å². The normalized spacial score (nSPS) is 16.5. The van der Waals surface area contributed by atoms with Crippen molar-refractivity contribution in [2.75, 3.05) is 13.2 Å². The quantitative estimate of drug-likeness (QED) is 0.309. The number of hydrogen-bond acceptors (Lipinski definition) is 7. The highest BCUT2D eigenvalue weighted by atomic mass is 16.6. The molecule has 114 valence electrons. The van der Waals surface area contributed by atoms with Crippen LogP contribution in [0.25, 0.3) is 0 Å². The van der Waals surface area contributed by atoms with E-state index in [2.05, 4.69) is 0 Å². The van der Waals surface area contributed by atoms with Gasteiger partial charge in [-0.05, 0) is 0 Å². The van der Waals surface area contributed by atoms with Crippen molar-refractivity contribution < 1.29 is 19.1 Å². The Hall–Kier alpha value is -2.49. The van der Waals surface area contributed by atoms with Crippen molar-refractivity contribution >= 4 is 12.3 Å². The summed E-state index contributed by atoms with van der Waals surface area (Å²) in [6.07, 6.45) is 0.206. The number of esters is 1. The molecule has 0 N–H and O–H groups in total. The highest BCUT2D eigenvalue weighted by Gasteiger charge is 2.24. The molecule has 0 saturated carbocycles. The number of aldehydes is 1. The smallest absolute Gasteiger partial charge is 0.337 e. The summed E-state index contributed by atoms with van der Waals surface area (Å²) in [5.74, 6) is -0.805. The van der Waals surface area contributed by atoms with Gasteiger partial charge in [-0.3, -0.25) is 4.79 Å². The molecule has 21 heavy (non-hydrogen) atoms. The van der Waals surface area contributed by atoms with Gasteiger partial charge in [0.2, 0.25) is 0 Å². The Morgan fingerprint density at radius 2 is 1.90 bits per heavy atom. The van der Waals surface area contributed by atoms with E-state index in [-0.39, 0.29) is 12.7 Å². The number of aromatic nitrogens is 3. The zero-order valence-corrected chi connectivity index (χ0v) is 11.2. The molecular weight excluding hydrogens is 286 g/mol. The van der Waals surface area contributed by atoms with Gasteiger partial charge in [-0.1, -0.05) is 0 Å². The molecule has 1 fully saturated rings. The molecule has 1 atom stereocenters. The molecule has 0 aromatic carbocycles. The first-order valence-corrected chi connectivity index (χ1v) is 6.07. The second kappa shape index (κ2) is 5.87. The lowest BCUT2D eigenvalue weighted by Crippen LogP contribution is -2.54. The monoisotopic (exact) mass is 299 g/mol.